The van der Waals surface area contributed by atoms with Gasteiger partial charge < -0.3 is 24.5 Å². The van der Waals surface area contributed by atoms with Crippen molar-refractivity contribution in [1.82, 2.24) is 9.88 Å². The third-order valence-electron chi connectivity index (χ3n) is 6.80. The van der Waals surface area contributed by atoms with Crippen LogP contribution in [-0.2, 0) is 16.0 Å². The van der Waals surface area contributed by atoms with E-state index in [1.807, 2.05) is 48.8 Å². The second kappa shape index (κ2) is 8.87. The molecule has 0 radical (unpaired) electrons. The number of likely N-dealkylation sites (tertiary alicyclic amines) is 1. The lowest BCUT2D eigenvalue weighted by molar-refractivity contribution is -0.139. The van der Waals surface area contributed by atoms with Crippen molar-refractivity contribution in [2.75, 3.05) is 19.8 Å². The van der Waals surface area contributed by atoms with Crippen LogP contribution < -0.4 is 9.47 Å². The van der Waals surface area contributed by atoms with E-state index in [4.69, 9.17) is 9.47 Å². The Morgan fingerprint density at radius 1 is 1.11 bits per heavy atom. The number of para-hydroxylation sites is 1. The van der Waals surface area contributed by atoms with Crippen molar-refractivity contribution >= 4 is 39.7 Å². The largest absolute Gasteiger partial charge is 0.507 e. The Morgan fingerprint density at radius 3 is 2.72 bits per heavy atom. The zero-order valence-corrected chi connectivity index (χ0v) is 20.4. The third kappa shape index (κ3) is 3.65. The smallest absolute Gasteiger partial charge is 0.295 e. The summed E-state index contributed by atoms with van der Waals surface area (Å²) in [5.74, 6) is -0.408. The number of nitrogens with zero attached hydrogens (tertiary/aromatic N) is 1. The number of H-pyrrole nitrogens is 1. The summed E-state index contributed by atoms with van der Waals surface area (Å²) in [4.78, 5) is 32.4. The van der Waals surface area contributed by atoms with Gasteiger partial charge in [-0.2, -0.15) is 0 Å². The summed E-state index contributed by atoms with van der Waals surface area (Å²) in [6, 6.07) is 14.3. The van der Waals surface area contributed by atoms with Gasteiger partial charge in [0.15, 0.2) is 11.5 Å². The highest BCUT2D eigenvalue weighted by Crippen LogP contribution is 2.43. The number of aryl methyl sites for hydroxylation is 1. The van der Waals surface area contributed by atoms with Crippen molar-refractivity contribution in [2.45, 2.75) is 19.4 Å². The molecule has 0 aliphatic carbocycles. The number of amides is 1. The van der Waals surface area contributed by atoms with Crippen molar-refractivity contribution in [2.24, 2.45) is 0 Å². The molecule has 1 saturated heterocycles. The van der Waals surface area contributed by atoms with Crippen LogP contribution in [0.3, 0.4) is 0 Å². The molecular formula is C28H24N2O5S. The zero-order chi connectivity index (χ0) is 24.8. The molecule has 1 amide bonds. The molecule has 182 valence electrons. The minimum absolute atomic E-state index is 0.0983. The highest BCUT2D eigenvalue weighted by atomic mass is 32.1. The van der Waals surface area contributed by atoms with Crippen LogP contribution in [0.4, 0.5) is 0 Å². The van der Waals surface area contributed by atoms with Crippen LogP contribution in [0.25, 0.3) is 16.7 Å². The topological polar surface area (TPSA) is 91.9 Å². The van der Waals surface area contributed by atoms with Gasteiger partial charge in [0.2, 0.25) is 0 Å². The summed E-state index contributed by atoms with van der Waals surface area (Å²) < 4.78 is 11.2. The predicted octanol–water partition coefficient (Wildman–Crippen LogP) is 4.97. The number of ether oxygens (including phenoxy) is 2. The average molecular weight is 501 g/mol. The number of Topliss-reactive ketones (excluding diaryl/α,β-unsaturated/α-hetero) is 1. The van der Waals surface area contributed by atoms with Crippen molar-refractivity contribution in [1.29, 1.82) is 0 Å². The number of aromatic amines is 1. The number of hydrogen-bond donors (Lipinski definition) is 2. The molecule has 2 aromatic heterocycles. The Labute approximate surface area is 211 Å². The fourth-order valence-electron chi connectivity index (χ4n) is 4.97. The molecule has 7 nitrogen and oxygen atoms in total. The van der Waals surface area contributed by atoms with Gasteiger partial charge in [0, 0.05) is 34.1 Å². The van der Waals surface area contributed by atoms with Gasteiger partial charge in [0.25, 0.3) is 11.7 Å². The molecule has 1 unspecified atom stereocenters. The lowest BCUT2D eigenvalue weighted by Crippen LogP contribution is -2.31. The van der Waals surface area contributed by atoms with Crippen molar-refractivity contribution in [3.8, 4) is 11.5 Å². The van der Waals surface area contributed by atoms with Crippen LogP contribution in [0.1, 0.15) is 27.6 Å². The molecule has 0 saturated carbocycles. The fraction of sp³-hybridized carbons (Fsp3) is 0.214. The summed E-state index contributed by atoms with van der Waals surface area (Å²) in [5, 5.41) is 14.4. The first kappa shape index (κ1) is 22.4. The van der Waals surface area contributed by atoms with Gasteiger partial charge in [-0.05, 0) is 60.2 Å². The van der Waals surface area contributed by atoms with E-state index in [0.29, 0.717) is 43.2 Å². The molecule has 2 aliphatic heterocycles. The number of carbonyl (C=O) groups excluding carboxylic acids is 2. The third-order valence-corrected chi connectivity index (χ3v) is 7.87. The molecule has 8 heteroatoms. The van der Waals surface area contributed by atoms with Gasteiger partial charge in [0.05, 0.1) is 11.6 Å². The number of ketones is 1. The number of hydrogen-bond acceptors (Lipinski definition) is 6. The summed E-state index contributed by atoms with van der Waals surface area (Å²) in [6.45, 7) is 3.16. The van der Waals surface area contributed by atoms with Gasteiger partial charge in [-0.25, -0.2) is 0 Å². The number of aromatic nitrogens is 1. The highest BCUT2D eigenvalue weighted by molar-refractivity contribution is 7.10. The van der Waals surface area contributed by atoms with Gasteiger partial charge >= 0.3 is 0 Å². The average Bonchev–Trinajstić information content (AvgIpc) is 3.58. The van der Waals surface area contributed by atoms with E-state index in [1.165, 1.54) is 11.3 Å². The number of fused-ring (bicyclic) bond motifs is 2. The molecule has 0 spiro atoms. The molecule has 4 heterocycles. The van der Waals surface area contributed by atoms with E-state index in [9.17, 15) is 14.7 Å². The number of carbonyl (C=O) groups is 2. The molecule has 0 bridgehead atoms. The fourth-order valence-corrected chi connectivity index (χ4v) is 6.02. The first-order valence-corrected chi connectivity index (χ1v) is 12.7. The maximum Gasteiger partial charge on any atom is 0.295 e. The monoisotopic (exact) mass is 500 g/mol. The molecule has 1 atom stereocenters. The molecular weight excluding hydrogens is 476 g/mol. The molecule has 36 heavy (non-hydrogen) atoms. The Balaban J connectivity index is 1.40. The van der Waals surface area contributed by atoms with Crippen LogP contribution in [0.15, 0.2) is 65.7 Å². The number of thiophene rings is 1. The molecule has 2 aliphatic rings. The van der Waals surface area contributed by atoms with Gasteiger partial charge in [0.1, 0.15) is 19.0 Å². The van der Waals surface area contributed by atoms with Crippen LogP contribution in [0.5, 0.6) is 11.5 Å². The predicted molar refractivity (Wildman–Crippen MR) is 138 cm³/mol. The first-order valence-electron chi connectivity index (χ1n) is 11.8. The van der Waals surface area contributed by atoms with E-state index < -0.39 is 17.7 Å². The number of aliphatic hydroxyl groups excluding tert-OH is 1. The SMILES string of the molecule is Cc1ccsc1C1/C(=C(/O)c2ccc3c(c2)OCCO3)C(=O)C(=O)N1CCc1c[nH]c2ccccc12. The van der Waals surface area contributed by atoms with E-state index in [-0.39, 0.29) is 11.3 Å². The van der Waals surface area contributed by atoms with E-state index in [1.54, 1.807) is 23.1 Å². The van der Waals surface area contributed by atoms with E-state index in [0.717, 1.165) is 26.9 Å². The summed E-state index contributed by atoms with van der Waals surface area (Å²) in [5.41, 5.74) is 3.58. The highest BCUT2D eigenvalue weighted by Gasteiger charge is 2.47. The Kier molecular flexibility index (Phi) is 5.53. The lowest BCUT2D eigenvalue weighted by atomic mass is 9.98. The van der Waals surface area contributed by atoms with Gasteiger partial charge in [-0.1, -0.05) is 18.2 Å². The van der Waals surface area contributed by atoms with Crippen molar-refractivity contribution in [3.05, 3.63) is 87.2 Å². The van der Waals surface area contributed by atoms with Crippen LogP contribution in [0.2, 0.25) is 0 Å². The minimum atomic E-state index is -0.681. The normalized spacial score (nSPS) is 18.8. The summed E-state index contributed by atoms with van der Waals surface area (Å²) in [7, 11) is 0. The lowest BCUT2D eigenvalue weighted by Gasteiger charge is -2.25. The number of rotatable bonds is 5. The molecule has 6 rings (SSSR count). The van der Waals surface area contributed by atoms with E-state index in [2.05, 4.69) is 4.98 Å². The Hall–Kier alpha value is -4.04. The molecule has 2 N–H and O–H groups in total. The standard InChI is InChI=1S/C28H24N2O5S/c1-16-9-13-36-27(16)24-23(25(31)17-6-7-21-22(14-17)35-12-11-34-21)26(32)28(33)30(24)10-8-18-15-29-20-5-3-2-4-19(18)20/h2-7,9,13-15,24,29,31H,8,10-12H2,1H3/b25-23-. The minimum Gasteiger partial charge on any atom is -0.507 e. The maximum absolute atomic E-state index is 13.3. The van der Waals surface area contributed by atoms with E-state index >= 15 is 0 Å². The van der Waals surface area contributed by atoms with Crippen molar-refractivity contribution < 1.29 is 24.2 Å². The Bertz CT molecular complexity index is 1530. The number of benzene rings is 2. The molecule has 2 aromatic carbocycles. The van der Waals surface area contributed by atoms with Crippen molar-refractivity contribution in [3.63, 3.8) is 0 Å². The quantitative estimate of drug-likeness (QED) is 0.229. The molecule has 4 aromatic rings. The second-order valence-electron chi connectivity index (χ2n) is 8.93. The maximum atomic E-state index is 13.3. The summed E-state index contributed by atoms with van der Waals surface area (Å²) in [6.07, 6.45) is 2.52. The van der Waals surface area contributed by atoms with Gasteiger partial charge in [-0.15, -0.1) is 11.3 Å². The van der Waals surface area contributed by atoms with Crippen LogP contribution in [-0.4, -0.2) is 46.4 Å². The van der Waals surface area contributed by atoms with Crippen LogP contribution >= 0.6 is 11.3 Å². The summed E-state index contributed by atoms with van der Waals surface area (Å²) >= 11 is 1.48. The zero-order valence-electron chi connectivity index (χ0n) is 19.6. The number of nitrogens with one attached hydrogen (secondary N) is 1. The molecule has 1 fully saturated rings. The Morgan fingerprint density at radius 2 is 1.92 bits per heavy atom. The second-order valence-corrected chi connectivity index (χ2v) is 9.88. The first-order chi connectivity index (χ1) is 17.5. The van der Waals surface area contributed by atoms with Gasteiger partial charge in [-0.3, -0.25) is 9.59 Å². The number of aliphatic hydroxyl groups is 1. The van der Waals surface area contributed by atoms with Crippen LogP contribution in [0, 0.1) is 6.92 Å².